The van der Waals surface area contributed by atoms with E-state index in [0.29, 0.717) is 5.69 Å². The molecular formula is C11H13N3O2. The number of allylic oxidation sites excluding steroid dienone is 1. The molecule has 1 amide bonds. The molecule has 0 saturated heterocycles. The Morgan fingerprint density at radius 2 is 1.81 bits per heavy atom. The van der Waals surface area contributed by atoms with Gasteiger partial charge in [-0.1, -0.05) is 0 Å². The van der Waals surface area contributed by atoms with Crippen LogP contribution in [-0.2, 0) is 9.59 Å². The molecular weight excluding hydrogens is 206 g/mol. The van der Waals surface area contributed by atoms with Crippen molar-refractivity contribution in [3.05, 3.63) is 35.8 Å². The van der Waals surface area contributed by atoms with Crippen LogP contribution in [0.1, 0.15) is 13.8 Å². The van der Waals surface area contributed by atoms with Gasteiger partial charge in [0.05, 0.1) is 0 Å². The number of ketones is 1. The van der Waals surface area contributed by atoms with E-state index in [4.69, 9.17) is 5.73 Å². The normalized spacial score (nSPS) is 11.6. The van der Waals surface area contributed by atoms with E-state index < -0.39 is 5.91 Å². The number of hydrogen-bond acceptors (Lipinski definition) is 4. The molecule has 84 valence electrons. The van der Waals surface area contributed by atoms with Crippen molar-refractivity contribution in [3.8, 4) is 0 Å². The van der Waals surface area contributed by atoms with Gasteiger partial charge in [-0.3, -0.25) is 14.6 Å². The van der Waals surface area contributed by atoms with E-state index in [2.05, 4.69) is 10.3 Å². The number of nitrogens with zero attached hydrogens (tertiary/aromatic N) is 1. The van der Waals surface area contributed by atoms with Gasteiger partial charge in [0.25, 0.3) is 5.91 Å². The number of Topliss-reactive ketones (excluding diaryl/α,β-unsaturated/α-hetero) is 1. The molecule has 0 radical (unpaired) electrons. The molecule has 0 aliphatic carbocycles. The molecule has 5 heteroatoms. The highest BCUT2D eigenvalue weighted by molar-refractivity contribution is 6.23. The lowest BCUT2D eigenvalue weighted by Gasteiger charge is -2.07. The third-order valence-corrected chi connectivity index (χ3v) is 1.91. The van der Waals surface area contributed by atoms with Gasteiger partial charge in [-0.15, -0.1) is 0 Å². The van der Waals surface area contributed by atoms with Crippen LogP contribution >= 0.6 is 0 Å². The van der Waals surface area contributed by atoms with Crippen LogP contribution in [0.4, 0.5) is 5.69 Å². The fraction of sp³-hybridized carbons (Fsp3) is 0.182. The standard InChI is InChI=1S/C11H13N3O2/c1-7(12)10(8(2)15)11(16)14-9-3-5-13-6-4-9/h3-6H,12H2,1-2H3,(H,13,14,16)/b10-7-. The van der Waals surface area contributed by atoms with Crippen LogP contribution in [0, 0.1) is 0 Å². The van der Waals surface area contributed by atoms with Gasteiger partial charge in [-0.05, 0) is 26.0 Å². The number of hydrogen-bond donors (Lipinski definition) is 2. The monoisotopic (exact) mass is 219 g/mol. The molecule has 3 N–H and O–H groups in total. The fourth-order valence-corrected chi connectivity index (χ4v) is 1.25. The lowest BCUT2D eigenvalue weighted by molar-refractivity contribution is -0.119. The summed E-state index contributed by atoms with van der Waals surface area (Å²) in [5.74, 6) is -0.856. The largest absolute Gasteiger partial charge is 0.402 e. The Morgan fingerprint density at radius 3 is 2.25 bits per heavy atom. The zero-order chi connectivity index (χ0) is 12.1. The molecule has 1 aromatic rings. The van der Waals surface area contributed by atoms with E-state index >= 15 is 0 Å². The van der Waals surface area contributed by atoms with Crippen molar-refractivity contribution >= 4 is 17.4 Å². The highest BCUT2D eigenvalue weighted by atomic mass is 16.2. The van der Waals surface area contributed by atoms with E-state index in [0.717, 1.165) is 0 Å². The predicted octanol–water partition coefficient (Wildman–Crippen LogP) is 0.842. The van der Waals surface area contributed by atoms with Gasteiger partial charge in [0.2, 0.25) is 0 Å². The highest BCUT2D eigenvalue weighted by Crippen LogP contribution is 2.08. The molecule has 1 heterocycles. The van der Waals surface area contributed by atoms with Gasteiger partial charge in [0.1, 0.15) is 5.57 Å². The average Bonchev–Trinajstić information content (AvgIpc) is 2.17. The van der Waals surface area contributed by atoms with Crippen LogP contribution in [0.5, 0.6) is 0 Å². The molecule has 1 rings (SSSR count). The van der Waals surface area contributed by atoms with E-state index in [9.17, 15) is 9.59 Å². The maximum absolute atomic E-state index is 11.7. The van der Waals surface area contributed by atoms with Gasteiger partial charge < -0.3 is 11.1 Å². The van der Waals surface area contributed by atoms with Crippen molar-refractivity contribution < 1.29 is 9.59 Å². The number of amides is 1. The van der Waals surface area contributed by atoms with Gasteiger partial charge in [-0.25, -0.2) is 0 Å². The Morgan fingerprint density at radius 1 is 1.25 bits per heavy atom. The highest BCUT2D eigenvalue weighted by Gasteiger charge is 2.16. The first kappa shape index (κ1) is 11.9. The summed E-state index contributed by atoms with van der Waals surface area (Å²) in [7, 11) is 0. The van der Waals surface area contributed by atoms with Crippen molar-refractivity contribution in [2.75, 3.05) is 5.32 Å². The van der Waals surface area contributed by atoms with Crippen molar-refractivity contribution in [3.63, 3.8) is 0 Å². The number of carbonyl (C=O) groups is 2. The second-order valence-corrected chi connectivity index (χ2v) is 3.30. The van der Waals surface area contributed by atoms with Gasteiger partial charge in [0.15, 0.2) is 5.78 Å². The van der Waals surface area contributed by atoms with Crippen molar-refractivity contribution in [2.45, 2.75) is 13.8 Å². The number of carbonyl (C=O) groups excluding carboxylic acids is 2. The van der Waals surface area contributed by atoms with Gasteiger partial charge in [-0.2, -0.15) is 0 Å². The number of aromatic nitrogens is 1. The number of rotatable bonds is 3. The first-order chi connectivity index (χ1) is 7.52. The smallest absolute Gasteiger partial charge is 0.261 e. The molecule has 0 atom stereocenters. The Balaban J connectivity index is 2.88. The summed E-state index contributed by atoms with van der Waals surface area (Å²) in [6.07, 6.45) is 3.09. The molecule has 0 aliphatic rings. The summed E-state index contributed by atoms with van der Waals surface area (Å²) in [5, 5.41) is 2.57. The minimum absolute atomic E-state index is 0.0168. The van der Waals surface area contributed by atoms with Crippen LogP contribution in [0.25, 0.3) is 0 Å². The van der Waals surface area contributed by atoms with Crippen molar-refractivity contribution in [1.29, 1.82) is 0 Å². The molecule has 16 heavy (non-hydrogen) atoms. The summed E-state index contributed by atoms with van der Waals surface area (Å²) >= 11 is 0. The molecule has 0 aliphatic heterocycles. The van der Waals surface area contributed by atoms with Gasteiger partial charge >= 0.3 is 0 Å². The van der Waals surface area contributed by atoms with E-state index in [-0.39, 0.29) is 17.1 Å². The lowest BCUT2D eigenvalue weighted by atomic mass is 10.1. The molecule has 0 aromatic carbocycles. The minimum Gasteiger partial charge on any atom is -0.402 e. The Hall–Kier alpha value is -2.17. The molecule has 0 fully saturated rings. The van der Waals surface area contributed by atoms with Gasteiger partial charge in [0, 0.05) is 23.8 Å². The zero-order valence-corrected chi connectivity index (χ0v) is 9.15. The molecule has 0 spiro atoms. The Bertz CT molecular complexity index is 434. The topological polar surface area (TPSA) is 85.1 Å². The Kier molecular flexibility index (Phi) is 3.77. The summed E-state index contributed by atoms with van der Waals surface area (Å²) in [6.45, 7) is 2.82. The SMILES string of the molecule is CC(=O)/C(C(=O)Nc1ccncc1)=C(\C)N. The van der Waals surface area contributed by atoms with E-state index in [1.165, 1.54) is 13.8 Å². The summed E-state index contributed by atoms with van der Waals surface area (Å²) in [6, 6.07) is 3.25. The second kappa shape index (κ2) is 5.06. The van der Waals surface area contributed by atoms with Crippen LogP contribution < -0.4 is 11.1 Å². The quantitative estimate of drug-likeness (QED) is 0.448. The predicted molar refractivity (Wildman–Crippen MR) is 60.4 cm³/mol. The average molecular weight is 219 g/mol. The molecule has 0 unspecified atom stereocenters. The first-order valence-corrected chi connectivity index (χ1v) is 4.71. The molecule has 5 nitrogen and oxygen atoms in total. The molecule has 1 aromatic heterocycles. The number of pyridine rings is 1. The summed E-state index contributed by atoms with van der Waals surface area (Å²) < 4.78 is 0. The minimum atomic E-state index is -0.501. The van der Waals surface area contributed by atoms with E-state index in [1.54, 1.807) is 24.5 Å². The molecule has 0 saturated carbocycles. The Labute approximate surface area is 93.4 Å². The lowest BCUT2D eigenvalue weighted by Crippen LogP contribution is -2.22. The fourth-order valence-electron chi connectivity index (χ4n) is 1.25. The van der Waals surface area contributed by atoms with Crippen LogP contribution in [0.2, 0.25) is 0 Å². The number of nitrogens with two attached hydrogens (primary N) is 1. The first-order valence-electron chi connectivity index (χ1n) is 4.71. The van der Waals surface area contributed by atoms with Crippen molar-refractivity contribution in [2.24, 2.45) is 5.73 Å². The van der Waals surface area contributed by atoms with Crippen molar-refractivity contribution in [1.82, 2.24) is 4.98 Å². The summed E-state index contributed by atoms with van der Waals surface area (Å²) in [5.41, 5.74) is 6.24. The third-order valence-electron chi connectivity index (χ3n) is 1.91. The zero-order valence-electron chi connectivity index (χ0n) is 9.15. The summed E-state index contributed by atoms with van der Waals surface area (Å²) in [4.78, 5) is 26.7. The maximum Gasteiger partial charge on any atom is 0.261 e. The number of anilines is 1. The second-order valence-electron chi connectivity index (χ2n) is 3.30. The van der Waals surface area contributed by atoms with E-state index in [1.807, 2.05) is 0 Å². The third kappa shape index (κ3) is 2.91. The van der Waals surface area contributed by atoms with Crippen LogP contribution in [0.15, 0.2) is 35.8 Å². The van der Waals surface area contributed by atoms with Crippen LogP contribution in [-0.4, -0.2) is 16.7 Å². The van der Waals surface area contributed by atoms with Crippen LogP contribution in [0.3, 0.4) is 0 Å². The number of nitrogens with one attached hydrogen (secondary N) is 1. The maximum atomic E-state index is 11.7. The molecule has 0 bridgehead atoms.